The Labute approximate surface area is 120 Å². The minimum atomic E-state index is -3.41. The van der Waals surface area contributed by atoms with Crippen LogP contribution in [0.2, 0.25) is 0 Å². The third-order valence-electron chi connectivity index (χ3n) is 2.65. The Morgan fingerprint density at radius 3 is 2.50 bits per heavy atom. The van der Waals surface area contributed by atoms with Crippen molar-refractivity contribution in [3.8, 4) is 0 Å². The van der Waals surface area contributed by atoms with Gasteiger partial charge in [0.2, 0.25) is 15.9 Å². The maximum Gasteiger partial charge on any atom is 0.240 e. The molecule has 0 spiro atoms. The minimum absolute atomic E-state index is 0.0470. The predicted octanol–water partition coefficient (Wildman–Crippen LogP) is 1.22. The van der Waals surface area contributed by atoms with Gasteiger partial charge in [0.15, 0.2) is 0 Å². The highest BCUT2D eigenvalue weighted by molar-refractivity contribution is 7.89. The third kappa shape index (κ3) is 5.14. The maximum absolute atomic E-state index is 11.7. The van der Waals surface area contributed by atoms with Crippen LogP contribution >= 0.6 is 0 Å². The smallest absolute Gasteiger partial charge is 0.240 e. The highest BCUT2D eigenvalue weighted by Gasteiger charge is 2.11. The van der Waals surface area contributed by atoms with Gasteiger partial charge in [-0.05, 0) is 24.1 Å². The Morgan fingerprint density at radius 2 is 1.95 bits per heavy atom. The molecule has 0 aliphatic carbocycles. The molecule has 0 aliphatic rings. The summed E-state index contributed by atoms with van der Waals surface area (Å²) in [5.41, 5.74) is 0.925. The lowest BCUT2D eigenvalue weighted by Gasteiger charge is -2.06. The lowest BCUT2D eigenvalue weighted by atomic mass is 10.1. The standard InChI is InChI=1S/C14H20N2O3S/c1-3-11-15-14(17)10-7-12-5-8-13(9-6-12)20(18,19)16-4-2/h3,5-6,8-9,16H,1,4,7,10-11H2,2H3,(H,15,17). The number of carbonyl (C=O) groups excluding carboxylic acids is 1. The summed E-state index contributed by atoms with van der Waals surface area (Å²) < 4.78 is 25.9. The molecule has 0 unspecified atom stereocenters. The second kappa shape index (κ2) is 7.81. The quantitative estimate of drug-likeness (QED) is 0.708. The summed E-state index contributed by atoms with van der Waals surface area (Å²) in [4.78, 5) is 11.7. The van der Waals surface area contributed by atoms with Crippen molar-refractivity contribution in [1.29, 1.82) is 0 Å². The minimum Gasteiger partial charge on any atom is -0.353 e. The fraction of sp³-hybridized carbons (Fsp3) is 0.357. The van der Waals surface area contributed by atoms with Crippen LogP contribution in [0.3, 0.4) is 0 Å². The molecule has 2 N–H and O–H groups in total. The molecule has 1 aromatic rings. The summed E-state index contributed by atoms with van der Waals surface area (Å²) in [6, 6.07) is 6.56. The van der Waals surface area contributed by atoms with Crippen LogP contribution < -0.4 is 10.0 Å². The molecule has 0 saturated heterocycles. The number of hydrogen-bond acceptors (Lipinski definition) is 3. The first kappa shape index (κ1) is 16.4. The number of hydrogen-bond donors (Lipinski definition) is 2. The number of amides is 1. The summed E-state index contributed by atoms with van der Waals surface area (Å²) >= 11 is 0. The van der Waals surface area contributed by atoms with E-state index in [9.17, 15) is 13.2 Å². The molecular formula is C14H20N2O3S. The molecule has 0 fully saturated rings. The van der Waals surface area contributed by atoms with Gasteiger partial charge in [0.05, 0.1) is 4.90 Å². The molecule has 0 heterocycles. The van der Waals surface area contributed by atoms with E-state index < -0.39 is 10.0 Å². The van der Waals surface area contributed by atoms with Gasteiger partial charge in [0, 0.05) is 19.5 Å². The molecule has 1 amide bonds. The van der Waals surface area contributed by atoms with E-state index in [0.29, 0.717) is 25.9 Å². The fourth-order valence-corrected chi connectivity index (χ4v) is 2.68. The van der Waals surface area contributed by atoms with Crippen LogP contribution in [0.15, 0.2) is 41.8 Å². The van der Waals surface area contributed by atoms with Crippen molar-refractivity contribution < 1.29 is 13.2 Å². The van der Waals surface area contributed by atoms with Crippen LogP contribution in [0.25, 0.3) is 0 Å². The Morgan fingerprint density at radius 1 is 1.30 bits per heavy atom. The molecule has 6 heteroatoms. The van der Waals surface area contributed by atoms with E-state index in [1.807, 2.05) is 0 Å². The van der Waals surface area contributed by atoms with E-state index >= 15 is 0 Å². The number of rotatable bonds is 8. The van der Waals surface area contributed by atoms with Gasteiger partial charge in [-0.1, -0.05) is 25.1 Å². The second-order valence-corrected chi connectivity index (χ2v) is 6.00. The van der Waals surface area contributed by atoms with Gasteiger partial charge in [-0.25, -0.2) is 13.1 Å². The molecule has 5 nitrogen and oxygen atoms in total. The highest BCUT2D eigenvalue weighted by atomic mass is 32.2. The van der Waals surface area contributed by atoms with Crippen molar-refractivity contribution in [3.05, 3.63) is 42.5 Å². The van der Waals surface area contributed by atoms with Crippen molar-refractivity contribution in [2.24, 2.45) is 0 Å². The Hall–Kier alpha value is -1.66. The zero-order chi connectivity index (χ0) is 15.0. The van der Waals surface area contributed by atoms with E-state index in [2.05, 4.69) is 16.6 Å². The van der Waals surface area contributed by atoms with Gasteiger partial charge in [-0.2, -0.15) is 0 Å². The van der Waals surface area contributed by atoms with Crippen molar-refractivity contribution in [1.82, 2.24) is 10.0 Å². The molecule has 0 radical (unpaired) electrons. The van der Waals surface area contributed by atoms with Crippen LogP contribution in [0.5, 0.6) is 0 Å². The van der Waals surface area contributed by atoms with Crippen molar-refractivity contribution in [2.75, 3.05) is 13.1 Å². The average Bonchev–Trinajstić information content (AvgIpc) is 2.43. The van der Waals surface area contributed by atoms with Crippen LogP contribution in [0, 0.1) is 0 Å². The van der Waals surface area contributed by atoms with Gasteiger partial charge in [0.25, 0.3) is 0 Å². The first-order valence-electron chi connectivity index (χ1n) is 6.45. The second-order valence-electron chi connectivity index (χ2n) is 4.24. The summed E-state index contributed by atoms with van der Waals surface area (Å²) in [6.07, 6.45) is 2.57. The Kier molecular flexibility index (Phi) is 6.41. The molecular weight excluding hydrogens is 276 g/mol. The van der Waals surface area contributed by atoms with Crippen molar-refractivity contribution in [2.45, 2.75) is 24.7 Å². The fourth-order valence-electron chi connectivity index (χ4n) is 1.64. The van der Waals surface area contributed by atoms with E-state index in [1.54, 1.807) is 37.3 Å². The van der Waals surface area contributed by atoms with Crippen molar-refractivity contribution >= 4 is 15.9 Å². The largest absolute Gasteiger partial charge is 0.353 e. The topological polar surface area (TPSA) is 75.3 Å². The zero-order valence-electron chi connectivity index (χ0n) is 11.6. The molecule has 0 saturated carbocycles. The average molecular weight is 296 g/mol. The molecule has 0 bridgehead atoms. The Balaban J connectivity index is 2.59. The monoisotopic (exact) mass is 296 g/mol. The third-order valence-corrected chi connectivity index (χ3v) is 4.21. The number of aryl methyl sites for hydroxylation is 1. The van der Waals surface area contributed by atoms with Crippen LogP contribution in [-0.2, 0) is 21.2 Å². The van der Waals surface area contributed by atoms with Gasteiger partial charge in [0.1, 0.15) is 0 Å². The van der Waals surface area contributed by atoms with Crippen molar-refractivity contribution in [3.63, 3.8) is 0 Å². The summed E-state index contributed by atoms with van der Waals surface area (Å²) in [5, 5.41) is 2.69. The summed E-state index contributed by atoms with van der Waals surface area (Å²) in [5.74, 6) is -0.0470. The molecule has 1 aromatic carbocycles. The SMILES string of the molecule is C=CCNC(=O)CCc1ccc(S(=O)(=O)NCC)cc1. The molecule has 0 atom stereocenters. The molecule has 0 aromatic heterocycles. The van der Waals surface area contributed by atoms with E-state index in [1.165, 1.54) is 0 Å². The highest BCUT2D eigenvalue weighted by Crippen LogP contribution is 2.11. The van der Waals surface area contributed by atoms with E-state index in [4.69, 9.17) is 0 Å². The molecule has 20 heavy (non-hydrogen) atoms. The van der Waals surface area contributed by atoms with Crippen LogP contribution in [0.1, 0.15) is 18.9 Å². The molecule has 0 aliphatic heterocycles. The van der Waals surface area contributed by atoms with Crippen LogP contribution in [-0.4, -0.2) is 27.4 Å². The zero-order valence-corrected chi connectivity index (χ0v) is 12.4. The van der Waals surface area contributed by atoms with E-state index in [0.717, 1.165) is 5.56 Å². The van der Waals surface area contributed by atoms with Gasteiger partial charge in [-0.3, -0.25) is 4.79 Å². The molecule has 1 rings (SSSR count). The predicted molar refractivity (Wildman–Crippen MR) is 78.8 cm³/mol. The number of benzene rings is 1. The number of carbonyl (C=O) groups is 1. The first-order valence-corrected chi connectivity index (χ1v) is 7.94. The van der Waals surface area contributed by atoms with E-state index in [-0.39, 0.29) is 10.8 Å². The first-order chi connectivity index (χ1) is 9.49. The number of nitrogens with one attached hydrogen (secondary N) is 2. The Bertz CT molecular complexity index is 550. The lowest BCUT2D eigenvalue weighted by molar-refractivity contribution is -0.120. The van der Waals surface area contributed by atoms with Gasteiger partial charge in [-0.15, -0.1) is 6.58 Å². The van der Waals surface area contributed by atoms with Gasteiger partial charge < -0.3 is 5.32 Å². The number of sulfonamides is 1. The maximum atomic E-state index is 11.7. The normalized spacial score (nSPS) is 11.1. The summed E-state index contributed by atoms with van der Waals surface area (Å²) in [7, 11) is -3.41. The molecule has 110 valence electrons. The summed E-state index contributed by atoms with van der Waals surface area (Å²) in [6.45, 7) is 6.06. The van der Waals surface area contributed by atoms with Gasteiger partial charge >= 0.3 is 0 Å². The lowest BCUT2D eigenvalue weighted by Crippen LogP contribution is -2.23. The van der Waals surface area contributed by atoms with Crippen LogP contribution in [0.4, 0.5) is 0 Å².